The molecule has 0 radical (unpaired) electrons. The van der Waals surface area contributed by atoms with Crippen LogP contribution >= 0.6 is 0 Å². The summed E-state index contributed by atoms with van der Waals surface area (Å²) >= 11 is 0. The van der Waals surface area contributed by atoms with Crippen molar-refractivity contribution in [1.82, 2.24) is 4.72 Å². The minimum atomic E-state index is -3.82. The lowest BCUT2D eigenvalue weighted by Gasteiger charge is -2.20. The lowest BCUT2D eigenvalue weighted by molar-refractivity contribution is 0.0761. The first-order valence-corrected chi connectivity index (χ1v) is 10.1. The van der Waals surface area contributed by atoms with Crippen molar-refractivity contribution in [3.05, 3.63) is 53.1 Å². The number of nitriles is 1. The second-order valence-electron chi connectivity index (χ2n) is 6.66. The fourth-order valence-electron chi connectivity index (χ4n) is 3.13. The van der Waals surface area contributed by atoms with Crippen LogP contribution in [0, 0.1) is 25.2 Å². The maximum Gasteiger partial charge on any atom is 0.241 e. The highest BCUT2D eigenvalue weighted by Gasteiger charge is 2.33. The molecular weight excluding hydrogens is 364 g/mol. The number of hydrogen-bond donors (Lipinski definition) is 1. The van der Waals surface area contributed by atoms with Crippen molar-refractivity contribution in [3.8, 4) is 17.2 Å². The standard InChI is InChI=1S/C20H22N2O4S/c1-13-7-17(16-6-4-5-15(9-16)10-21)20(8-14(13)2)27(23,24)22-18-11-26-12-19(18)25-3/h4-9,18-19,22H,11-12H2,1-3H3/t18-,19+/m0/s1. The van der Waals surface area contributed by atoms with Crippen LogP contribution in [0.1, 0.15) is 16.7 Å². The lowest BCUT2D eigenvalue weighted by atomic mass is 9.99. The molecule has 142 valence electrons. The molecule has 2 aromatic rings. The Balaban J connectivity index is 2.08. The van der Waals surface area contributed by atoms with E-state index in [1.165, 1.54) is 7.11 Å². The summed E-state index contributed by atoms with van der Waals surface area (Å²) in [6.45, 7) is 4.43. The molecule has 0 amide bonds. The number of hydrogen-bond acceptors (Lipinski definition) is 5. The Hall–Kier alpha value is -2.24. The molecule has 0 unspecified atom stereocenters. The van der Waals surface area contributed by atoms with Gasteiger partial charge in [0.15, 0.2) is 0 Å². The third-order valence-electron chi connectivity index (χ3n) is 4.83. The SMILES string of the molecule is CO[C@@H]1COC[C@@H]1NS(=O)(=O)c1cc(C)c(C)cc1-c1cccc(C#N)c1. The highest BCUT2D eigenvalue weighted by atomic mass is 32.2. The van der Waals surface area contributed by atoms with Crippen molar-refractivity contribution in [2.45, 2.75) is 30.9 Å². The van der Waals surface area contributed by atoms with Crippen LogP contribution in [0.25, 0.3) is 11.1 Å². The smallest absolute Gasteiger partial charge is 0.241 e. The molecule has 0 spiro atoms. The molecular formula is C20H22N2O4S. The van der Waals surface area contributed by atoms with Gasteiger partial charge in [-0.1, -0.05) is 12.1 Å². The fourth-order valence-corrected chi connectivity index (χ4v) is 4.68. The molecule has 0 aliphatic carbocycles. The number of aryl methyl sites for hydroxylation is 2. The number of methoxy groups -OCH3 is 1. The van der Waals surface area contributed by atoms with Crippen LogP contribution in [0.4, 0.5) is 0 Å². The van der Waals surface area contributed by atoms with Gasteiger partial charge in [-0.05, 0) is 54.8 Å². The summed E-state index contributed by atoms with van der Waals surface area (Å²) < 4.78 is 39.7. The topological polar surface area (TPSA) is 88.4 Å². The first kappa shape index (κ1) is 19.5. The third-order valence-corrected chi connectivity index (χ3v) is 6.36. The van der Waals surface area contributed by atoms with E-state index in [-0.39, 0.29) is 17.6 Å². The molecule has 1 aliphatic rings. The molecule has 7 heteroatoms. The van der Waals surface area contributed by atoms with Gasteiger partial charge in [0.25, 0.3) is 0 Å². The Labute approximate surface area is 159 Å². The largest absolute Gasteiger partial charge is 0.377 e. The number of ether oxygens (including phenoxy) is 2. The zero-order valence-electron chi connectivity index (χ0n) is 15.5. The van der Waals surface area contributed by atoms with Gasteiger partial charge in [-0.2, -0.15) is 5.26 Å². The Morgan fingerprint density at radius 2 is 1.93 bits per heavy atom. The Morgan fingerprint density at radius 3 is 2.63 bits per heavy atom. The predicted molar refractivity (Wildman–Crippen MR) is 102 cm³/mol. The monoisotopic (exact) mass is 386 g/mol. The fraction of sp³-hybridized carbons (Fsp3) is 0.350. The number of nitrogens with zero attached hydrogens (tertiary/aromatic N) is 1. The van der Waals surface area contributed by atoms with Crippen LogP contribution in [0.5, 0.6) is 0 Å². The molecule has 1 fully saturated rings. The van der Waals surface area contributed by atoms with E-state index >= 15 is 0 Å². The highest BCUT2D eigenvalue weighted by Crippen LogP contribution is 2.31. The van der Waals surface area contributed by atoms with Gasteiger partial charge < -0.3 is 9.47 Å². The van der Waals surface area contributed by atoms with Gasteiger partial charge >= 0.3 is 0 Å². The molecule has 2 atom stereocenters. The summed E-state index contributed by atoms with van der Waals surface area (Å²) in [4.78, 5) is 0.183. The van der Waals surface area contributed by atoms with Gasteiger partial charge in [0.2, 0.25) is 10.0 Å². The van der Waals surface area contributed by atoms with E-state index in [0.717, 1.165) is 11.1 Å². The van der Waals surface area contributed by atoms with Crippen molar-refractivity contribution in [2.75, 3.05) is 20.3 Å². The third kappa shape index (κ3) is 4.04. The van der Waals surface area contributed by atoms with Crippen molar-refractivity contribution < 1.29 is 17.9 Å². The summed E-state index contributed by atoms with van der Waals surface area (Å²) in [5.74, 6) is 0. The van der Waals surface area contributed by atoms with Gasteiger partial charge in [0.1, 0.15) is 0 Å². The average Bonchev–Trinajstić information content (AvgIpc) is 3.09. The Bertz CT molecular complexity index is 996. The van der Waals surface area contributed by atoms with E-state index in [4.69, 9.17) is 9.47 Å². The lowest BCUT2D eigenvalue weighted by Crippen LogP contribution is -2.43. The molecule has 27 heavy (non-hydrogen) atoms. The van der Waals surface area contributed by atoms with Crippen LogP contribution < -0.4 is 4.72 Å². The molecule has 0 saturated carbocycles. The summed E-state index contributed by atoms with van der Waals surface area (Å²) in [7, 11) is -2.28. The first-order chi connectivity index (χ1) is 12.9. The molecule has 0 aromatic heterocycles. The van der Waals surface area contributed by atoms with Crippen LogP contribution in [0.2, 0.25) is 0 Å². The van der Waals surface area contributed by atoms with E-state index in [1.807, 2.05) is 19.9 Å². The quantitative estimate of drug-likeness (QED) is 0.853. The molecule has 1 N–H and O–H groups in total. The maximum absolute atomic E-state index is 13.2. The van der Waals surface area contributed by atoms with Crippen LogP contribution in [0.3, 0.4) is 0 Å². The first-order valence-electron chi connectivity index (χ1n) is 8.60. The van der Waals surface area contributed by atoms with E-state index in [0.29, 0.717) is 23.3 Å². The van der Waals surface area contributed by atoms with E-state index in [9.17, 15) is 13.7 Å². The number of benzene rings is 2. The number of rotatable bonds is 5. The van der Waals surface area contributed by atoms with Crippen molar-refractivity contribution in [1.29, 1.82) is 5.26 Å². The highest BCUT2D eigenvalue weighted by molar-refractivity contribution is 7.89. The predicted octanol–water partition coefficient (Wildman–Crippen LogP) is 2.53. The van der Waals surface area contributed by atoms with Crippen molar-refractivity contribution in [2.24, 2.45) is 0 Å². The maximum atomic E-state index is 13.2. The van der Waals surface area contributed by atoms with Gasteiger partial charge in [-0.25, -0.2) is 13.1 Å². The Morgan fingerprint density at radius 1 is 1.19 bits per heavy atom. The molecule has 1 heterocycles. The Kier molecular flexibility index (Phi) is 5.63. The second kappa shape index (κ2) is 7.79. The minimum absolute atomic E-state index is 0.183. The van der Waals surface area contributed by atoms with E-state index in [2.05, 4.69) is 10.8 Å². The van der Waals surface area contributed by atoms with Crippen LogP contribution in [-0.4, -0.2) is 40.9 Å². The number of nitrogens with one attached hydrogen (secondary N) is 1. The molecule has 6 nitrogen and oxygen atoms in total. The molecule has 2 aromatic carbocycles. The van der Waals surface area contributed by atoms with Gasteiger partial charge in [-0.15, -0.1) is 0 Å². The average molecular weight is 386 g/mol. The van der Waals surface area contributed by atoms with Gasteiger partial charge in [-0.3, -0.25) is 0 Å². The minimum Gasteiger partial charge on any atom is -0.377 e. The molecule has 1 aliphatic heterocycles. The summed E-state index contributed by atoms with van der Waals surface area (Å²) in [6, 6.07) is 12.1. The summed E-state index contributed by atoms with van der Waals surface area (Å²) in [5.41, 5.74) is 3.58. The van der Waals surface area contributed by atoms with Crippen molar-refractivity contribution >= 4 is 10.0 Å². The van der Waals surface area contributed by atoms with E-state index < -0.39 is 16.1 Å². The summed E-state index contributed by atoms with van der Waals surface area (Å²) in [6.07, 6.45) is -0.323. The van der Waals surface area contributed by atoms with Gasteiger partial charge in [0, 0.05) is 12.7 Å². The zero-order valence-corrected chi connectivity index (χ0v) is 16.3. The number of sulfonamides is 1. The zero-order chi connectivity index (χ0) is 19.6. The van der Waals surface area contributed by atoms with Crippen LogP contribution in [0.15, 0.2) is 41.3 Å². The van der Waals surface area contributed by atoms with Crippen molar-refractivity contribution in [3.63, 3.8) is 0 Å². The molecule has 3 rings (SSSR count). The summed E-state index contributed by atoms with van der Waals surface area (Å²) in [5, 5.41) is 9.17. The normalized spacial score (nSPS) is 19.8. The van der Waals surface area contributed by atoms with E-state index in [1.54, 1.807) is 30.3 Å². The van der Waals surface area contributed by atoms with Crippen LogP contribution in [-0.2, 0) is 19.5 Å². The van der Waals surface area contributed by atoms with Gasteiger partial charge in [0.05, 0.1) is 41.9 Å². The second-order valence-corrected chi connectivity index (χ2v) is 8.35. The molecule has 1 saturated heterocycles. The molecule has 0 bridgehead atoms.